The highest BCUT2D eigenvalue weighted by atomic mass is 32.2. The van der Waals surface area contributed by atoms with Crippen molar-refractivity contribution >= 4 is 34.7 Å². The molecule has 1 saturated heterocycles. The van der Waals surface area contributed by atoms with Gasteiger partial charge in [-0.1, -0.05) is 36.0 Å². The number of aryl methyl sites for hydroxylation is 1. The van der Waals surface area contributed by atoms with Crippen LogP contribution in [0.3, 0.4) is 0 Å². The summed E-state index contributed by atoms with van der Waals surface area (Å²) in [5.41, 5.74) is 1.10. The van der Waals surface area contributed by atoms with Crippen LogP contribution in [-0.4, -0.2) is 51.1 Å². The van der Waals surface area contributed by atoms with Crippen LogP contribution >= 0.6 is 23.5 Å². The highest BCUT2D eigenvalue weighted by Crippen LogP contribution is 2.25. The van der Waals surface area contributed by atoms with Gasteiger partial charge in [0, 0.05) is 24.5 Å². The summed E-state index contributed by atoms with van der Waals surface area (Å²) >= 11 is 3.04. The van der Waals surface area contributed by atoms with E-state index < -0.39 is 5.97 Å². The summed E-state index contributed by atoms with van der Waals surface area (Å²) in [5.74, 6) is 1.42. The molecule has 1 aromatic carbocycles. The zero-order valence-corrected chi connectivity index (χ0v) is 16.2. The van der Waals surface area contributed by atoms with Crippen LogP contribution in [0.15, 0.2) is 36.4 Å². The molecule has 142 valence electrons. The van der Waals surface area contributed by atoms with E-state index in [1.165, 1.54) is 23.9 Å². The molecule has 2 rings (SSSR count). The van der Waals surface area contributed by atoms with E-state index in [4.69, 9.17) is 5.11 Å². The Balaban J connectivity index is 1.68. The van der Waals surface area contributed by atoms with Gasteiger partial charge in [-0.25, -0.2) is 4.39 Å². The van der Waals surface area contributed by atoms with Crippen LogP contribution in [0, 0.1) is 5.82 Å². The molecule has 1 aliphatic heterocycles. The van der Waals surface area contributed by atoms with Crippen molar-refractivity contribution in [1.82, 2.24) is 4.90 Å². The predicted octanol–water partition coefficient (Wildman–Crippen LogP) is 4.45. The first-order chi connectivity index (χ1) is 12.6. The van der Waals surface area contributed by atoms with Crippen LogP contribution in [0.1, 0.15) is 24.8 Å². The SMILES string of the molecule is O=C(O)CCCSCCN1C(=O)SCC1/C=C/CCc1ccc(F)cc1. The first-order valence-corrected chi connectivity index (χ1v) is 10.8. The first-order valence-electron chi connectivity index (χ1n) is 8.70. The van der Waals surface area contributed by atoms with Crippen molar-refractivity contribution in [1.29, 1.82) is 0 Å². The minimum Gasteiger partial charge on any atom is -0.481 e. The summed E-state index contributed by atoms with van der Waals surface area (Å²) < 4.78 is 12.9. The van der Waals surface area contributed by atoms with Crippen molar-refractivity contribution in [3.63, 3.8) is 0 Å². The van der Waals surface area contributed by atoms with Crippen molar-refractivity contribution in [3.05, 3.63) is 47.8 Å². The van der Waals surface area contributed by atoms with Crippen LogP contribution in [0.25, 0.3) is 0 Å². The van der Waals surface area contributed by atoms with E-state index in [0.717, 1.165) is 35.7 Å². The normalized spacial score (nSPS) is 17.3. The number of hydrogen-bond donors (Lipinski definition) is 1. The van der Waals surface area contributed by atoms with Crippen molar-refractivity contribution in [2.45, 2.75) is 31.7 Å². The lowest BCUT2D eigenvalue weighted by Gasteiger charge is -2.21. The van der Waals surface area contributed by atoms with Crippen LogP contribution in [0.4, 0.5) is 9.18 Å². The quantitative estimate of drug-likeness (QED) is 0.442. The lowest BCUT2D eigenvalue weighted by atomic mass is 10.1. The summed E-state index contributed by atoms with van der Waals surface area (Å²) in [6, 6.07) is 6.67. The summed E-state index contributed by atoms with van der Waals surface area (Å²) in [7, 11) is 0. The van der Waals surface area contributed by atoms with Gasteiger partial charge >= 0.3 is 5.97 Å². The van der Waals surface area contributed by atoms with Crippen molar-refractivity contribution in [3.8, 4) is 0 Å². The second-order valence-electron chi connectivity index (χ2n) is 6.04. The number of nitrogens with zero attached hydrogens (tertiary/aromatic N) is 1. The van der Waals surface area contributed by atoms with Gasteiger partial charge < -0.3 is 10.0 Å². The lowest BCUT2D eigenvalue weighted by Crippen LogP contribution is -2.33. The molecule has 0 aliphatic carbocycles. The number of benzene rings is 1. The molecule has 0 saturated carbocycles. The fourth-order valence-electron chi connectivity index (χ4n) is 2.63. The van der Waals surface area contributed by atoms with Crippen LogP contribution in [-0.2, 0) is 11.2 Å². The van der Waals surface area contributed by atoms with E-state index in [9.17, 15) is 14.0 Å². The van der Waals surface area contributed by atoms with Crippen molar-refractivity contribution in [2.24, 2.45) is 0 Å². The molecule has 1 amide bonds. The zero-order chi connectivity index (χ0) is 18.8. The first kappa shape index (κ1) is 20.8. The number of carboxylic acid groups (broad SMARTS) is 1. The maximum atomic E-state index is 12.9. The number of aliphatic carboxylic acids is 1. The molecule has 26 heavy (non-hydrogen) atoms. The molecule has 1 atom stereocenters. The third-order valence-electron chi connectivity index (χ3n) is 4.04. The second kappa shape index (κ2) is 11.3. The highest BCUT2D eigenvalue weighted by Gasteiger charge is 2.29. The minimum absolute atomic E-state index is 0.115. The molecule has 4 nitrogen and oxygen atoms in total. The molecular weight excluding hydrogens is 373 g/mol. The lowest BCUT2D eigenvalue weighted by molar-refractivity contribution is -0.137. The van der Waals surface area contributed by atoms with E-state index in [0.29, 0.717) is 13.0 Å². The smallest absolute Gasteiger partial charge is 0.303 e. The van der Waals surface area contributed by atoms with Crippen LogP contribution < -0.4 is 0 Å². The molecule has 0 aromatic heterocycles. The largest absolute Gasteiger partial charge is 0.481 e. The van der Waals surface area contributed by atoms with Crippen LogP contribution in [0.5, 0.6) is 0 Å². The number of carboxylic acids is 1. The van der Waals surface area contributed by atoms with Gasteiger partial charge in [0.25, 0.3) is 5.24 Å². The Labute approximate surface area is 162 Å². The van der Waals surface area contributed by atoms with Gasteiger partial charge in [-0.3, -0.25) is 9.59 Å². The van der Waals surface area contributed by atoms with E-state index >= 15 is 0 Å². The molecule has 1 N–H and O–H groups in total. The van der Waals surface area contributed by atoms with E-state index in [1.807, 2.05) is 4.90 Å². The molecule has 0 spiro atoms. The highest BCUT2D eigenvalue weighted by molar-refractivity contribution is 8.13. The molecule has 1 aliphatic rings. The van der Waals surface area contributed by atoms with Crippen LogP contribution in [0.2, 0.25) is 0 Å². The Morgan fingerprint density at radius 3 is 2.85 bits per heavy atom. The number of carbonyl (C=O) groups is 2. The number of carbonyl (C=O) groups excluding carboxylic acids is 1. The fraction of sp³-hybridized carbons (Fsp3) is 0.474. The molecule has 1 fully saturated rings. The Kier molecular flexibility index (Phi) is 9.05. The number of hydrogen-bond acceptors (Lipinski definition) is 4. The van der Waals surface area contributed by atoms with E-state index in [-0.39, 0.29) is 23.5 Å². The van der Waals surface area contributed by atoms with Crippen molar-refractivity contribution in [2.75, 3.05) is 23.8 Å². The second-order valence-corrected chi connectivity index (χ2v) is 8.24. The molecule has 1 heterocycles. The van der Waals surface area contributed by atoms with E-state index in [1.54, 1.807) is 23.9 Å². The standard InChI is InChI=1S/C19H24FNO3S2/c20-16-9-7-15(8-10-16)4-1-2-5-17-14-26-19(24)21(17)11-13-25-12-3-6-18(22)23/h2,5,7-10,17H,1,3-4,6,11-14H2,(H,22,23)/b5-2+. The number of allylic oxidation sites excluding steroid dienone is 1. The Hall–Kier alpha value is -1.47. The van der Waals surface area contributed by atoms with Gasteiger partial charge in [-0.15, -0.1) is 0 Å². The van der Waals surface area contributed by atoms with Gasteiger partial charge in [0.05, 0.1) is 6.04 Å². The molecule has 1 aromatic rings. The molecule has 7 heteroatoms. The van der Waals surface area contributed by atoms with Gasteiger partial charge in [-0.05, 0) is 42.7 Å². The van der Waals surface area contributed by atoms with Crippen molar-refractivity contribution < 1.29 is 19.1 Å². The predicted molar refractivity (Wildman–Crippen MR) is 106 cm³/mol. The average molecular weight is 398 g/mol. The van der Waals surface area contributed by atoms with Gasteiger partial charge in [0.1, 0.15) is 5.82 Å². The fourth-order valence-corrected chi connectivity index (χ4v) is 4.50. The Bertz CT molecular complexity index is 622. The topological polar surface area (TPSA) is 57.6 Å². The maximum Gasteiger partial charge on any atom is 0.303 e. The third kappa shape index (κ3) is 7.41. The Morgan fingerprint density at radius 2 is 2.12 bits per heavy atom. The number of rotatable bonds is 11. The zero-order valence-electron chi connectivity index (χ0n) is 14.6. The summed E-state index contributed by atoms with van der Waals surface area (Å²) in [5, 5.41) is 8.73. The number of thioether (sulfide) groups is 2. The average Bonchev–Trinajstić information content (AvgIpc) is 2.96. The maximum absolute atomic E-state index is 12.9. The van der Waals surface area contributed by atoms with E-state index in [2.05, 4.69) is 12.2 Å². The summed E-state index contributed by atoms with van der Waals surface area (Å²) in [4.78, 5) is 24.4. The molecular formula is C19H24FNO3S2. The summed E-state index contributed by atoms with van der Waals surface area (Å²) in [6.07, 6.45) is 6.76. The number of halogens is 1. The molecule has 1 unspecified atom stereocenters. The Morgan fingerprint density at radius 1 is 1.35 bits per heavy atom. The summed E-state index contributed by atoms with van der Waals surface area (Å²) in [6.45, 7) is 0.691. The minimum atomic E-state index is -0.762. The van der Waals surface area contributed by atoms with Gasteiger partial charge in [0.15, 0.2) is 0 Å². The number of amides is 1. The molecule has 0 radical (unpaired) electrons. The third-order valence-corrected chi connectivity index (χ3v) is 6.08. The van der Waals surface area contributed by atoms with Gasteiger partial charge in [0.2, 0.25) is 0 Å². The molecule has 0 bridgehead atoms. The van der Waals surface area contributed by atoms with Gasteiger partial charge in [-0.2, -0.15) is 11.8 Å². The monoisotopic (exact) mass is 397 g/mol.